The molecule has 0 unspecified atom stereocenters. The Morgan fingerprint density at radius 1 is 0.933 bits per heavy atom. The monoisotopic (exact) mass is 258 g/mol. The van der Waals surface area contributed by atoms with Gasteiger partial charge in [0.1, 0.15) is 0 Å². The standard InChI is InChI=1S/2C4H9NO.2FH.Ti/c2*1-3-4(6)5-2;;;/h2*3H2,1-2H3,(H,5,6);2*1H;/q;;;;+4/p-4. The van der Waals surface area contributed by atoms with Crippen LogP contribution >= 0.6 is 0 Å². The fourth-order valence-corrected chi connectivity index (χ4v) is 2.36. The van der Waals surface area contributed by atoms with Gasteiger partial charge in [-0.3, -0.25) is 0 Å². The van der Waals surface area contributed by atoms with Gasteiger partial charge in [0.2, 0.25) is 0 Å². The molecule has 88 valence electrons. The van der Waals surface area contributed by atoms with Crippen molar-refractivity contribution in [3.05, 3.63) is 0 Å². The Labute approximate surface area is 98.3 Å². The molecule has 0 radical (unpaired) electrons. The topological polar surface area (TPSA) is 40.6 Å². The Kier molecular flexibility index (Phi) is 13.4. The van der Waals surface area contributed by atoms with Gasteiger partial charge in [0.15, 0.2) is 0 Å². The molecule has 15 heavy (non-hydrogen) atoms. The molecule has 0 aliphatic heterocycles. The summed E-state index contributed by atoms with van der Waals surface area (Å²) < 4.78 is 3.35. The fraction of sp³-hybridized carbons (Fsp3) is 0.750. The summed E-state index contributed by atoms with van der Waals surface area (Å²) in [5.74, 6) is 0.214. The number of amides is 2. The summed E-state index contributed by atoms with van der Waals surface area (Å²) in [4.78, 5) is 22.4. The quantitative estimate of drug-likeness (QED) is 0.472. The first kappa shape index (κ1) is 20.0. The molecule has 0 N–H and O–H groups in total. The minimum atomic E-state index is -0.763. The van der Waals surface area contributed by atoms with Crippen molar-refractivity contribution in [2.45, 2.75) is 26.7 Å². The minimum Gasteiger partial charge on any atom is -1.00 e. The van der Waals surface area contributed by atoms with Crippen LogP contribution in [0.2, 0.25) is 0 Å². The Hall–Kier alpha value is -0.486. The second-order valence-corrected chi connectivity index (χ2v) is 5.12. The van der Waals surface area contributed by atoms with E-state index in [1.165, 1.54) is 0 Å². The molecule has 2 amide bonds. The van der Waals surface area contributed by atoms with Gasteiger partial charge in [-0.25, -0.2) is 0 Å². The molecule has 0 heterocycles. The van der Waals surface area contributed by atoms with Crippen molar-refractivity contribution in [2.24, 2.45) is 0 Å². The van der Waals surface area contributed by atoms with Crippen molar-refractivity contribution in [2.75, 3.05) is 14.1 Å². The average molecular weight is 258 g/mol. The third-order valence-electron chi connectivity index (χ3n) is 1.65. The van der Waals surface area contributed by atoms with Crippen molar-refractivity contribution < 1.29 is 38.7 Å². The molecule has 0 fully saturated rings. The Morgan fingerprint density at radius 2 is 1.20 bits per heavy atom. The van der Waals surface area contributed by atoms with Gasteiger partial charge in [-0.05, 0) is 0 Å². The van der Waals surface area contributed by atoms with E-state index in [0.29, 0.717) is 12.8 Å². The van der Waals surface area contributed by atoms with E-state index in [4.69, 9.17) is 0 Å². The molecule has 0 saturated heterocycles. The molecule has 0 aliphatic carbocycles. The second-order valence-electron chi connectivity index (χ2n) is 2.71. The molecule has 0 saturated carbocycles. The van der Waals surface area contributed by atoms with E-state index in [2.05, 4.69) is 0 Å². The van der Waals surface area contributed by atoms with Crippen LogP contribution in [0.15, 0.2) is 0 Å². The van der Waals surface area contributed by atoms with E-state index in [1.807, 2.05) is 13.8 Å². The number of rotatable bonds is 4. The second kappa shape index (κ2) is 10.0. The summed E-state index contributed by atoms with van der Waals surface area (Å²) in [7, 11) is 3.51. The molecule has 0 aliphatic rings. The summed E-state index contributed by atoms with van der Waals surface area (Å²) in [6, 6.07) is 0. The van der Waals surface area contributed by atoms with E-state index in [0.717, 1.165) is 0 Å². The zero-order valence-corrected chi connectivity index (χ0v) is 10.9. The van der Waals surface area contributed by atoms with E-state index >= 15 is 0 Å². The van der Waals surface area contributed by atoms with Gasteiger partial charge < -0.3 is 9.41 Å². The van der Waals surface area contributed by atoms with Crippen molar-refractivity contribution in [3.63, 3.8) is 0 Å². The minimum absolute atomic E-state index is 0. The number of hydrogen-bond acceptors (Lipinski definition) is 2. The fourth-order valence-electron chi connectivity index (χ4n) is 0.811. The van der Waals surface area contributed by atoms with Gasteiger partial charge >= 0.3 is 88.6 Å². The molecule has 0 spiro atoms. The predicted molar refractivity (Wildman–Crippen MR) is 46.1 cm³/mol. The molecule has 0 aromatic heterocycles. The zero-order valence-electron chi connectivity index (χ0n) is 9.38. The third-order valence-corrected chi connectivity index (χ3v) is 3.37. The largest absolute Gasteiger partial charge is 1.00 e. The van der Waals surface area contributed by atoms with Crippen molar-refractivity contribution in [1.82, 2.24) is 6.76 Å². The van der Waals surface area contributed by atoms with Crippen LogP contribution in [0.3, 0.4) is 0 Å². The van der Waals surface area contributed by atoms with Crippen LogP contribution in [-0.4, -0.2) is 32.7 Å². The first-order valence-electron chi connectivity index (χ1n) is 4.32. The number of carbonyl (C=O) groups is 2. The van der Waals surface area contributed by atoms with Crippen LogP contribution in [-0.2, 0) is 29.3 Å². The van der Waals surface area contributed by atoms with Crippen LogP contribution < -0.4 is 9.41 Å². The summed E-state index contributed by atoms with van der Waals surface area (Å²) in [5, 5.41) is 0. The molecule has 7 heteroatoms. The summed E-state index contributed by atoms with van der Waals surface area (Å²) in [6.45, 7) is 3.65. The number of nitrogens with zero attached hydrogens (tertiary/aromatic N) is 2. The molecule has 0 rings (SSSR count). The first-order chi connectivity index (χ1) is 6.02. The Bertz CT molecular complexity index is 185. The van der Waals surface area contributed by atoms with Crippen LogP contribution in [0.25, 0.3) is 0 Å². The van der Waals surface area contributed by atoms with E-state index in [9.17, 15) is 9.59 Å². The van der Waals surface area contributed by atoms with Crippen molar-refractivity contribution in [3.8, 4) is 0 Å². The van der Waals surface area contributed by atoms with Gasteiger partial charge in [0, 0.05) is 0 Å². The molecule has 0 atom stereocenters. The van der Waals surface area contributed by atoms with Crippen LogP contribution in [0, 0.1) is 0 Å². The van der Waals surface area contributed by atoms with E-state index in [-0.39, 0.29) is 21.2 Å². The van der Waals surface area contributed by atoms with Gasteiger partial charge in [-0.1, -0.05) is 0 Å². The molecule has 0 bridgehead atoms. The maximum absolute atomic E-state index is 11.2. The molecular formula is C8H16F2N2O2Ti. The number of carbonyl (C=O) groups excluding carboxylic acids is 2. The molecule has 0 aromatic rings. The molecule has 0 aromatic carbocycles. The van der Waals surface area contributed by atoms with Gasteiger partial charge in [-0.15, -0.1) is 0 Å². The Morgan fingerprint density at radius 3 is 1.40 bits per heavy atom. The third kappa shape index (κ3) is 7.44. The summed E-state index contributed by atoms with van der Waals surface area (Å²) >= 11 is -0.763. The SMILES string of the molecule is CCC(=O)[N](C)[Ti+2][N](C)C(=O)CC.[F-].[F-]. The number of halogens is 2. The normalized spacial score (nSPS) is 7.73. The van der Waals surface area contributed by atoms with Gasteiger partial charge in [-0.2, -0.15) is 0 Å². The zero-order chi connectivity index (χ0) is 10.4. The van der Waals surface area contributed by atoms with E-state index < -0.39 is 19.7 Å². The van der Waals surface area contributed by atoms with Gasteiger partial charge in [0.25, 0.3) is 0 Å². The summed E-state index contributed by atoms with van der Waals surface area (Å²) in [5.41, 5.74) is 0. The predicted octanol–water partition coefficient (Wildman–Crippen LogP) is -5.36. The summed E-state index contributed by atoms with van der Waals surface area (Å²) in [6.07, 6.45) is 1.02. The first-order valence-corrected chi connectivity index (χ1v) is 5.72. The van der Waals surface area contributed by atoms with Crippen LogP contribution in [0.1, 0.15) is 26.7 Å². The smallest absolute Gasteiger partial charge is 1.00 e. The Balaban J connectivity index is -0.000000720. The van der Waals surface area contributed by atoms with Gasteiger partial charge in [0.05, 0.1) is 0 Å². The van der Waals surface area contributed by atoms with E-state index in [1.54, 1.807) is 20.9 Å². The van der Waals surface area contributed by atoms with Crippen molar-refractivity contribution in [1.29, 1.82) is 0 Å². The number of hydrogen-bond donors (Lipinski definition) is 0. The van der Waals surface area contributed by atoms with Crippen molar-refractivity contribution >= 4 is 11.8 Å². The molecule has 4 nitrogen and oxygen atoms in total. The maximum atomic E-state index is 11.2. The average Bonchev–Trinajstić information content (AvgIpc) is 2.14. The van der Waals surface area contributed by atoms with Crippen LogP contribution in [0.4, 0.5) is 0 Å². The van der Waals surface area contributed by atoms with Crippen LogP contribution in [0.5, 0.6) is 0 Å². The molecular weight excluding hydrogens is 242 g/mol. The maximum Gasteiger partial charge on any atom is -1.00 e.